The van der Waals surface area contributed by atoms with Crippen molar-refractivity contribution in [3.8, 4) is 5.75 Å². The van der Waals surface area contributed by atoms with Crippen molar-refractivity contribution in [1.82, 2.24) is 0 Å². The summed E-state index contributed by atoms with van der Waals surface area (Å²) in [6.45, 7) is 2.08. The van der Waals surface area contributed by atoms with Crippen LogP contribution >= 0.6 is 15.9 Å². The Balaban J connectivity index is 2.14. The molecular formula is C11H13BrO. The van der Waals surface area contributed by atoms with Gasteiger partial charge in [0.15, 0.2) is 0 Å². The molecule has 1 aliphatic carbocycles. The minimum Gasteiger partial charge on any atom is -0.486 e. The molecule has 13 heavy (non-hydrogen) atoms. The molecule has 2 rings (SSSR count). The van der Waals surface area contributed by atoms with Crippen LogP contribution in [0.25, 0.3) is 0 Å². The SMILES string of the molecule is Cc1ccccc1OC1(CBr)CC1. The molecule has 1 fully saturated rings. The first kappa shape index (κ1) is 9.07. The zero-order valence-corrected chi connectivity index (χ0v) is 9.30. The molecular weight excluding hydrogens is 228 g/mol. The Morgan fingerprint density at radius 1 is 1.38 bits per heavy atom. The highest BCUT2D eigenvalue weighted by Gasteiger charge is 2.44. The normalized spacial score (nSPS) is 18.3. The van der Waals surface area contributed by atoms with E-state index in [2.05, 4.69) is 28.9 Å². The second-order valence-electron chi connectivity index (χ2n) is 3.68. The van der Waals surface area contributed by atoms with Gasteiger partial charge in [0.25, 0.3) is 0 Å². The molecule has 0 radical (unpaired) electrons. The van der Waals surface area contributed by atoms with Gasteiger partial charge < -0.3 is 4.74 Å². The minimum absolute atomic E-state index is 0.103. The molecule has 1 aromatic carbocycles. The lowest BCUT2D eigenvalue weighted by molar-refractivity contribution is 0.205. The van der Waals surface area contributed by atoms with Gasteiger partial charge in [-0.25, -0.2) is 0 Å². The van der Waals surface area contributed by atoms with E-state index in [0.29, 0.717) is 0 Å². The first-order valence-electron chi connectivity index (χ1n) is 4.56. The van der Waals surface area contributed by atoms with Gasteiger partial charge in [-0.05, 0) is 31.4 Å². The third kappa shape index (κ3) is 1.88. The fourth-order valence-electron chi connectivity index (χ4n) is 1.31. The van der Waals surface area contributed by atoms with Crippen molar-refractivity contribution in [2.24, 2.45) is 0 Å². The van der Waals surface area contributed by atoms with Gasteiger partial charge in [-0.2, -0.15) is 0 Å². The van der Waals surface area contributed by atoms with E-state index in [0.717, 1.165) is 11.1 Å². The summed E-state index contributed by atoms with van der Waals surface area (Å²) in [7, 11) is 0. The number of para-hydroxylation sites is 1. The molecule has 0 unspecified atom stereocenters. The number of ether oxygens (including phenoxy) is 1. The average Bonchev–Trinajstić information content (AvgIpc) is 2.90. The Bertz CT molecular complexity index is 305. The quantitative estimate of drug-likeness (QED) is 0.738. The van der Waals surface area contributed by atoms with Crippen LogP contribution in [0.5, 0.6) is 5.75 Å². The number of halogens is 1. The predicted molar refractivity (Wildman–Crippen MR) is 57.6 cm³/mol. The van der Waals surface area contributed by atoms with E-state index in [4.69, 9.17) is 4.74 Å². The molecule has 0 heterocycles. The lowest BCUT2D eigenvalue weighted by Gasteiger charge is -2.16. The summed E-state index contributed by atoms with van der Waals surface area (Å²) in [5.41, 5.74) is 1.32. The zero-order valence-electron chi connectivity index (χ0n) is 7.72. The molecule has 0 aromatic heterocycles. The van der Waals surface area contributed by atoms with Crippen molar-refractivity contribution in [2.75, 3.05) is 5.33 Å². The Morgan fingerprint density at radius 3 is 2.62 bits per heavy atom. The first-order chi connectivity index (χ1) is 6.26. The summed E-state index contributed by atoms with van der Waals surface area (Å²) in [6, 6.07) is 8.18. The number of aryl methyl sites for hydroxylation is 1. The van der Waals surface area contributed by atoms with E-state index in [1.165, 1.54) is 18.4 Å². The molecule has 0 amide bonds. The molecule has 0 atom stereocenters. The van der Waals surface area contributed by atoms with Gasteiger partial charge in [0.05, 0.1) is 0 Å². The molecule has 0 spiro atoms. The standard InChI is InChI=1S/C11H13BrO/c1-9-4-2-3-5-10(9)13-11(8-12)6-7-11/h2-5H,6-8H2,1H3. The van der Waals surface area contributed by atoms with Crippen molar-refractivity contribution in [3.05, 3.63) is 29.8 Å². The van der Waals surface area contributed by atoms with Crippen LogP contribution in [0.4, 0.5) is 0 Å². The third-order valence-electron chi connectivity index (χ3n) is 2.47. The largest absolute Gasteiger partial charge is 0.486 e. The molecule has 1 aliphatic rings. The molecule has 70 valence electrons. The van der Waals surface area contributed by atoms with Crippen molar-refractivity contribution in [2.45, 2.75) is 25.4 Å². The van der Waals surface area contributed by atoms with Crippen LogP contribution < -0.4 is 4.74 Å². The highest BCUT2D eigenvalue weighted by molar-refractivity contribution is 9.09. The molecule has 1 saturated carbocycles. The molecule has 0 saturated heterocycles. The third-order valence-corrected chi connectivity index (χ3v) is 3.49. The summed E-state index contributed by atoms with van der Waals surface area (Å²) in [6.07, 6.45) is 2.35. The van der Waals surface area contributed by atoms with Crippen LogP contribution in [0.1, 0.15) is 18.4 Å². The Kier molecular flexibility index (Phi) is 2.33. The van der Waals surface area contributed by atoms with Crippen molar-refractivity contribution in [3.63, 3.8) is 0 Å². The van der Waals surface area contributed by atoms with Crippen molar-refractivity contribution >= 4 is 15.9 Å². The highest BCUT2D eigenvalue weighted by atomic mass is 79.9. The monoisotopic (exact) mass is 240 g/mol. The summed E-state index contributed by atoms with van der Waals surface area (Å²) in [5, 5.41) is 0.939. The second kappa shape index (κ2) is 3.33. The lowest BCUT2D eigenvalue weighted by atomic mass is 10.2. The van der Waals surface area contributed by atoms with E-state index in [1.807, 2.05) is 18.2 Å². The minimum atomic E-state index is 0.103. The van der Waals surface area contributed by atoms with Gasteiger partial charge in [0.1, 0.15) is 11.4 Å². The van der Waals surface area contributed by atoms with Gasteiger partial charge in [-0.1, -0.05) is 34.1 Å². The van der Waals surface area contributed by atoms with Crippen LogP contribution in [-0.2, 0) is 0 Å². The van der Waals surface area contributed by atoms with E-state index in [1.54, 1.807) is 0 Å². The van der Waals surface area contributed by atoms with Crippen LogP contribution in [0.15, 0.2) is 24.3 Å². The lowest BCUT2D eigenvalue weighted by Crippen LogP contribution is -2.19. The molecule has 1 aromatic rings. The molecule has 0 aliphatic heterocycles. The van der Waals surface area contributed by atoms with Crippen LogP contribution in [0.3, 0.4) is 0 Å². The van der Waals surface area contributed by atoms with Gasteiger partial charge in [0.2, 0.25) is 0 Å². The number of alkyl halides is 1. The summed E-state index contributed by atoms with van der Waals surface area (Å²) < 4.78 is 5.95. The van der Waals surface area contributed by atoms with E-state index >= 15 is 0 Å². The summed E-state index contributed by atoms with van der Waals surface area (Å²) in [5.74, 6) is 1.03. The van der Waals surface area contributed by atoms with E-state index in [-0.39, 0.29) is 5.60 Å². The first-order valence-corrected chi connectivity index (χ1v) is 5.68. The zero-order chi connectivity index (χ0) is 9.31. The maximum absolute atomic E-state index is 5.95. The van der Waals surface area contributed by atoms with Crippen LogP contribution in [-0.4, -0.2) is 10.9 Å². The Labute approximate surface area is 87.2 Å². The summed E-state index contributed by atoms with van der Waals surface area (Å²) >= 11 is 3.49. The number of hydrogen-bond donors (Lipinski definition) is 0. The second-order valence-corrected chi connectivity index (χ2v) is 4.24. The Hall–Kier alpha value is -0.500. The number of benzene rings is 1. The van der Waals surface area contributed by atoms with Crippen molar-refractivity contribution in [1.29, 1.82) is 0 Å². The van der Waals surface area contributed by atoms with Crippen LogP contribution in [0.2, 0.25) is 0 Å². The van der Waals surface area contributed by atoms with Gasteiger partial charge >= 0.3 is 0 Å². The molecule has 0 N–H and O–H groups in total. The Morgan fingerprint density at radius 2 is 2.08 bits per heavy atom. The van der Waals surface area contributed by atoms with E-state index in [9.17, 15) is 0 Å². The molecule has 1 nitrogen and oxygen atoms in total. The van der Waals surface area contributed by atoms with Gasteiger partial charge in [-0.15, -0.1) is 0 Å². The van der Waals surface area contributed by atoms with Gasteiger partial charge in [-0.3, -0.25) is 0 Å². The maximum atomic E-state index is 5.95. The topological polar surface area (TPSA) is 9.23 Å². The number of hydrogen-bond acceptors (Lipinski definition) is 1. The van der Waals surface area contributed by atoms with E-state index < -0.39 is 0 Å². The van der Waals surface area contributed by atoms with Crippen LogP contribution in [0, 0.1) is 6.92 Å². The number of rotatable bonds is 3. The maximum Gasteiger partial charge on any atom is 0.123 e. The predicted octanol–water partition coefficient (Wildman–Crippen LogP) is 3.30. The van der Waals surface area contributed by atoms with Gasteiger partial charge in [0, 0.05) is 5.33 Å². The molecule has 2 heteroatoms. The fraction of sp³-hybridized carbons (Fsp3) is 0.455. The average molecular weight is 241 g/mol. The highest BCUT2D eigenvalue weighted by Crippen LogP contribution is 2.42. The molecule has 0 bridgehead atoms. The fourth-order valence-corrected chi connectivity index (χ4v) is 1.98. The smallest absolute Gasteiger partial charge is 0.123 e. The summed E-state index contributed by atoms with van der Waals surface area (Å²) in [4.78, 5) is 0. The van der Waals surface area contributed by atoms with Crippen molar-refractivity contribution < 1.29 is 4.74 Å².